The van der Waals surface area contributed by atoms with Crippen molar-refractivity contribution in [1.29, 1.82) is 0 Å². The molecule has 0 radical (unpaired) electrons. The van der Waals surface area contributed by atoms with E-state index in [1.807, 2.05) is 91.4 Å². The number of fused-ring (bicyclic) bond motifs is 4. The van der Waals surface area contributed by atoms with E-state index in [0.717, 1.165) is 66.3 Å². The fourth-order valence-corrected chi connectivity index (χ4v) is 6.29. The molecule has 0 saturated carbocycles. The summed E-state index contributed by atoms with van der Waals surface area (Å²) in [6.45, 7) is 0. The third-order valence-electron chi connectivity index (χ3n) is 8.60. The van der Waals surface area contributed by atoms with E-state index in [0.29, 0.717) is 17.5 Å². The zero-order valence-corrected chi connectivity index (χ0v) is 25.7. The highest BCUT2D eigenvalue weighted by molar-refractivity contribution is 6.10. The van der Waals surface area contributed by atoms with Gasteiger partial charge in [0.05, 0.1) is 16.7 Å². The van der Waals surface area contributed by atoms with E-state index in [4.69, 9.17) is 24.9 Å². The molecule has 0 spiro atoms. The Morgan fingerprint density at radius 3 is 1.81 bits per heavy atom. The van der Waals surface area contributed by atoms with E-state index in [1.165, 1.54) is 5.39 Å². The second-order valence-corrected chi connectivity index (χ2v) is 11.6. The SMILES string of the molecule is c1ccc(-c2nc(-c3cc(-c4ccccn4)cc(-c4cc5cccnc5c5ncccc45)c3)nc(-c3ccc4ccccc4c3)n2)cc1. The van der Waals surface area contributed by atoms with Crippen LogP contribution in [0.25, 0.3) is 89.1 Å². The van der Waals surface area contributed by atoms with Crippen molar-refractivity contribution in [3.8, 4) is 56.5 Å². The van der Waals surface area contributed by atoms with Gasteiger partial charge in [0.1, 0.15) is 0 Å². The van der Waals surface area contributed by atoms with E-state index in [2.05, 4.69) is 71.7 Å². The topological polar surface area (TPSA) is 77.3 Å². The molecule has 5 aromatic carbocycles. The van der Waals surface area contributed by atoms with Gasteiger partial charge in [-0.05, 0) is 76.5 Å². The van der Waals surface area contributed by atoms with Crippen LogP contribution in [0.5, 0.6) is 0 Å². The number of hydrogen-bond donors (Lipinski definition) is 0. The Balaban J connectivity index is 1.31. The molecule has 0 N–H and O–H groups in total. The molecule has 0 unspecified atom stereocenters. The van der Waals surface area contributed by atoms with Crippen LogP contribution in [-0.2, 0) is 0 Å². The lowest BCUT2D eigenvalue weighted by Crippen LogP contribution is -2.01. The Morgan fingerprint density at radius 2 is 0.979 bits per heavy atom. The highest BCUT2D eigenvalue weighted by atomic mass is 15.0. The maximum absolute atomic E-state index is 5.12. The summed E-state index contributed by atoms with van der Waals surface area (Å²) in [4.78, 5) is 29.3. The average Bonchev–Trinajstić information content (AvgIpc) is 3.17. The third-order valence-corrected chi connectivity index (χ3v) is 8.60. The molecule has 0 amide bonds. The van der Waals surface area contributed by atoms with E-state index >= 15 is 0 Å². The molecule has 0 aliphatic heterocycles. The third kappa shape index (κ3) is 5.02. The molecule has 6 nitrogen and oxygen atoms in total. The molecule has 0 saturated heterocycles. The fourth-order valence-electron chi connectivity index (χ4n) is 6.29. The molecule has 9 rings (SSSR count). The molecule has 0 bridgehead atoms. The highest BCUT2D eigenvalue weighted by Crippen LogP contribution is 2.37. The number of hydrogen-bond acceptors (Lipinski definition) is 6. The van der Waals surface area contributed by atoms with Gasteiger partial charge in [-0.2, -0.15) is 0 Å². The van der Waals surface area contributed by atoms with Gasteiger partial charge in [0.2, 0.25) is 0 Å². The van der Waals surface area contributed by atoms with Gasteiger partial charge in [-0.1, -0.05) is 84.9 Å². The Labute approximate surface area is 276 Å². The first-order chi connectivity index (χ1) is 23.8. The van der Waals surface area contributed by atoms with E-state index in [1.54, 1.807) is 0 Å². The minimum atomic E-state index is 0.580. The number of benzene rings is 5. The molecule has 0 aliphatic carbocycles. The molecular weight excluding hydrogens is 589 g/mol. The van der Waals surface area contributed by atoms with Gasteiger partial charge in [0.15, 0.2) is 17.5 Å². The summed E-state index contributed by atoms with van der Waals surface area (Å²) < 4.78 is 0. The van der Waals surface area contributed by atoms with Crippen LogP contribution in [0, 0.1) is 0 Å². The lowest BCUT2D eigenvalue weighted by atomic mass is 9.93. The van der Waals surface area contributed by atoms with E-state index in [9.17, 15) is 0 Å². The monoisotopic (exact) mass is 614 g/mol. The number of aromatic nitrogens is 6. The molecule has 48 heavy (non-hydrogen) atoms. The first-order valence-electron chi connectivity index (χ1n) is 15.8. The van der Waals surface area contributed by atoms with Crippen molar-refractivity contribution in [2.75, 3.05) is 0 Å². The van der Waals surface area contributed by atoms with Crippen molar-refractivity contribution in [2.24, 2.45) is 0 Å². The summed E-state index contributed by atoms with van der Waals surface area (Å²) >= 11 is 0. The summed E-state index contributed by atoms with van der Waals surface area (Å²) in [5.41, 5.74) is 8.31. The van der Waals surface area contributed by atoms with Gasteiger partial charge < -0.3 is 0 Å². The van der Waals surface area contributed by atoms with Crippen molar-refractivity contribution in [1.82, 2.24) is 29.9 Å². The van der Waals surface area contributed by atoms with Gasteiger partial charge in [-0.3, -0.25) is 15.0 Å². The summed E-state index contributed by atoms with van der Waals surface area (Å²) in [7, 11) is 0. The van der Waals surface area contributed by atoms with Crippen LogP contribution in [0.4, 0.5) is 0 Å². The summed E-state index contributed by atoms with van der Waals surface area (Å²) in [5, 5.41) is 4.33. The van der Waals surface area contributed by atoms with E-state index in [-0.39, 0.29) is 0 Å². The van der Waals surface area contributed by atoms with Crippen molar-refractivity contribution in [2.45, 2.75) is 0 Å². The average molecular weight is 615 g/mol. The fraction of sp³-hybridized carbons (Fsp3) is 0. The van der Waals surface area contributed by atoms with Gasteiger partial charge in [-0.25, -0.2) is 15.0 Å². The van der Waals surface area contributed by atoms with Crippen molar-refractivity contribution < 1.29 is 0 Å². The quantitative estimate of drug-likeness (QED) is 0.180. The van der Waals surface area contributed by atoms with Gasteiger partial charge in [-0.15, -0.1) is 0 Å². The van der Waals surface area contributed by atoms with Crippen LogP contribution < -0.4 is 0 Å². The van der Waals surface area contributed by atoms with Crippen molar-refractivity contribution >= 4 is 32.6 Å². The van der Waals surface area contributed by atoms with Crippen LogP contribution in [0.15, 0.2) is 158 Å². The summed E-state index contributed by atoms with van der Waals surface area (Å²) in [6, 6.07) is 47.4. The molecular formula is C42H26N6. The minimum Gasteiger partial charge on any atom is -0.256 e. The standard InChI is InChI=1S/C42H26N6/c1-2-11-28(12-3-1)40-46-41(31-18-17-27-10-4-5-13-29(27)22-31)48-42(47-40)34-24-32(23-33(25-34)37-16-6-7-19-43-37)36-26-30-14-8-20-44-38(30)39-35(36)15-9-21-45-39/h1-26H. The normalized spacial score (nSPS) is 11.3. The molecule has 0 atom stereocenters. The smallest absolute Gasteiger partial charge is 0.164 e. The van der Waals surface area contributed by atoms with Gasteiger partial charge in [0.25, 0.3) is 0 Å². The molecule has 4 aromatic heterocycles. The van der Waals surface area contributed by atoms with E-state index < -0.39 is 0 Å². The predicted molar refractivity (Wildman–Crippen MR) is 193 cm³/mol. The first-order valence-corrected chi connectivity index (χ1v) is 15.8. The Morgan fingerprint density at radius 1 is 0.333 bits per heavy atom. The number of rotatable bonds is 5. The molecule has 0 aliphatic rings. The largest absolute Gasteiger partial charge is 0.256 e. The van der Waals surface area contributed by atoms with Crippen molar-refractivity contribution in [3.63, 3.8) is 0 Å². The van der Waals surface area contributed by atoms with Gasteiger partial charge in [0, 0.05) is 51.6 Å². The van der Waals surface area contributed by atoms with Crippen LogP contribution in [-0.4, -0.2) is 29.9 Å². The highest BCUT2D eigenvalue weighted by Gasteiger charge is 2.17. The molecule has 6 heteroatoms. The maximum atomic E-state index is 5.12. The molecule has 224 valence electrons. The second kappa shape index (κ2) is 11.6. The van der Waals surface area contributed by atoms with Crippen LogP contribution in [0.3, 0.4) is 0 Å². The maximum Gasteiger partial charge on any atom is 0.164 e. The Kier molecular flexibility index (Phi) is 6.68. The van der Waals surface area contributed by atoms with Gasteiger partial charge >= 0.3 is 0 Å². The van der Waals surface area contributed by atoms with Crippen molar-refractivity contribution in [3.05, 3.63) is 158 Å². The Bertz CT molecular complexity index is 2620. The first kappa shape index (κ1) is 27.6. The lowest BCUT2D eigenvalue weighted by Gasteiger charge is -2.14. The zero-order chi connectivity index (χ0) is 31.9. The number of nitrogens with zero attached hydrogens (tertiary/aromatic N) is 6. The van der Waals surface area contributed by atoms with Crippen LogP contribution >= 0.6 is 0 Å². The molecule has 4 heterocycles. The summed E-state index contributed by atoms with van der Waals surface area (Å²) in [5.74, 6) is 1.80. The number of pyridine rings is 3. The second-order valence-electron chi connectivity index (χ2n) is 11.6. The molecule has 9 aromatic rings. The summed E-state index contributed by atoms with van der Waals surface area (Å²) in [6.07, 6.45) is 5.45. The lowest BCUT2D eigenvalue weighted by molar-refractivity contribution is 1.07. The van der Waals surface area contributed by atoms with Crippen LogP contribution in [0.1, 0.15) is 0 Å². The zero-order valence-electron chi connectivity index (χ0n) is 25.7. The Hall–Kier alpha value is -6.66. The van der Waals surface area contributed by atoms with Crippen LogP contribution in [0.2, 0.25) is 0 Å². The minimum absolute atomic E-state index is 0.580. The molecule has 0 fully saturated rings. The predicted octanol–water partition coefficient (Wildman–Crippen LogP) is 9.85.